The van der Waals surface area contributed by atoms with Gasteiger partial charge in [0.1, 0.15) is 0 Å². The molecule has 4 heteroatoms. The van der Waals surface area contributed by atoms with Gasteiger partial charge in [0.2, 0.25) is 0 Å². The first kappa shape index (κ1) is 9.57. The topological polar surface area (TPSA) is 31.4 Å². The zero-order valence-corrected chi connectivity index (χ0v) is 9.16. The minimum atomic E-state index is 0.731. The zero-order chi connectivity index (χ0) is 8.97. The minimum Gasteiger partial charge on any atom is -0.493 e. The summed E-state index contributed by atoms with van der Waals surface area (Å²) in [7, 11) is 3.24. The molecule has 0 aliphatic heterocycles. The first-order chi connectivity index (χ1) is 5.83. The molecule has 0 aromatic carbocycles. The third kappa shape index (κ3) is 1.80. The third-order valence-corrected chi connectivity index (χ3v) is 2.22. The van der Waals surface area contributed by atoms with E-state index < -0.39 is 0 Å². The molecule has 3 nitrogen and oxygen atoms in total. The summed E-state index contributed by atoms with van der Waals surface area (Å²) in [5.41, 5.74) is 0.914. The maximum Gasteiger partial charge on any atom is 0.183 e. The molecule has 0 aliphatic carbocycles. The molecule has 0 aliphatic rings. The molecule has 1 rings (SSSR count). The maximum absolute atomic E-state index is 5.17. The van der Waals surface area contributed by atoms with Crippen LogP contribution in [0.3, 0.4) is 0 Å². The van der Waals surface area contributed by atoms with Crippen LogP contribution in [0, 0.1) is 0 Å². The fourth-order valence-electron chi connectivity index (χ4n) is 0.946. The van der Waals surface area contributed by atoms with Gasteiger partial charge < -0.3 is 9.47 Å². The Kier molecular flexibility index (Phi) is 3.58. The molecule has 0 spiro atoms. The molecule has 0 atom stereocenters. The summed E-state index contributed by atoms with van der Waals surface area (Å²) < 4.78 is 11.1. The predicted molar refractivity (Wildman–Crippen MR) is 55.1 cm³/mol. The lowest BCUT2D eigenvalue weighted by Crippen LogP contribution is -1.96. The van der Waals surface area contributed by atoms with Gasteiger partial charge in [-0.2, -0.15) is 0 Å². The molecule has 12 heavy (non-hydrogen) atoms. The van der Waals surface area contributed by atoms with Gasteiger partial charge >= 0.3 is 0 Å². The number of ether oxygens (including phenoxy) is 2. The summed E-state index contributed by atoms with van der Waals surface area (Å²) in [6, 6.07) is 1.79. The molecule has 0 unspecified atom stereocenters. The average Bonchev–Trinajstić information content (AvgIpc) is 2.16. The van der Waals surface area contributed by atoms with E-state index in [0.717, 1.165) is 21.6 Å². The Balaban J connectivity index is 3.13. The van der Waals surface area contributed by atoms with Crippen molar-refractivity contribution in [3.05, 3.63) is 18.0 Å². The Labute approximate surface area is 85.2 Å². The van der Waals surface area contributed by atoms with Gasteiger partial charge in [0.25, 0.3) is 0 Å². The number of methoxy groups -OCH3 is 2. The lowest BCUT2D eigenvalue weighted by molar-refractivity contribution is 0.351. The summed E-state index contributed by atoms with van der Waals surface area (Å²) in [6.07, 6.45) is 1.72. The molecule has 0 saturated carbocycles. The van der Waals surface area contributed by atoms with Crippen LogP contribution in [0.2, 0.25) is 0 Å². The van der Waals surface area contributed by atoms with Gasteiger partial charge in [-0.15, -0.1) is 0 Å². The molecule has 66 valence electrons. The van der Waals surface area contributed by atoms with E-state index in [2.05, 4.69) is 27.6 Å². The van der Waals surface area contributed by atoms with Crippen molar-refractivity contribution in [1.82, 2.24) is 4.98 Å². The summed E-state index contributed by atoms with van der Waals surface area (Å²) in [5.74, 6) is 1.47. The van der Waals surface area contributed by atoms with Crippen LogP contribution in [-0.4, -0.2) is 19.2 Å². The van der Waals surface area contributed by atoms with Crippen molar-refractivity contribution in [1.29, 1.82) is 0 Å². The lowest BCUT2D eigenvalue weighted by atomic mass is 10.3. The van der Waals surface area contributed by atoms with E-state index in [9.17, 15) is 0 Å². The fourth-order valence-corrected chi connectivity index (χ4v) is 1.49. The van der Waals surface area contributed by atoms with E-state index in [1.165, 1.54) is 0 Å². The molecule has 1 aromatic rings. The fraction of sp³-hybridized carbons (Fsp3) is 0.375. The minimum absolute atomic E-state index is 0.731. The monoisotopic (exact) mass is 279 g/mol. The van der Waals surface area contributed by atoms with Crippen LogP contribution in [0.15, 0.2) is 12.3 Å². The van der Waals surface area contributed by atoms with Crippen LogP contribution in [0.5, 0.6) is 11.5 Å². The van der Waals surface area contributed by atoms with Gasteiger partial charge in [0.15, 0.2) is 11.5 Å². The quantitative estimate of drug-likeness (QED) is 0.626. The van der Waals surface area contributed by atoms with Crippen molar-refractivity contribution in [2.75, 3.05) is 14.2 Å². The Hall–Kier alpha value is -0.520. The summed E-state index contributed by atoms with van der Waals surface area (Å²) in [6.45, 7) is 0. The van der Waals surface area contributed by atoms with Crippen LogP contribution >= 0.6 is 22.6 Å². The number of hydrogen-bond donors (Lipinski definition) is 0. The second-order valence-electron chi connectivity index (χ2n) is 2.13. The molecule has 1 aromatic heterocycles. The number of alkyl halides is 1. The molecule has 0 bridgehead atoms. The molecule has 0 radical (unpaired) electrons. The van der Waals surface area contributed by atoms with E-state index in [1.807, 2.05) is 0 Å². The molecule has 0 amide bonds. The lowest BCUT2D eigenvalue weighted by Gasteiger charge is -2.09. The normalized spacial score (nSPS) is 9.58. The van der Waals surface area contributed by atoms with Crippen molar-refractivity contribution in [3.8, 4) is 11.5 Å². The van der Waals surface area contributed by atoms with Crippen LogP contribution < -0.4 is 9.47 Å². The highest BCUT2D eigenvalue weighted by Gasteiger charge is 2.08. The number of rotatable bonds is 3. The van der Waals surface area contributed by atoms with Crippen LogP contribution in [-0.2, 0) is 4.43 Å². The third-order valence-electron chi connectivity index (χ3n) is 1.49. The molecule has 0 fully saturated rings. The predicted octanol–water partition coefficient (Wildman–Crippen LogP) is 2.03. The van der Waals surface area contributed by atoms with Crippen molar-refractivity contribution < 1.29 is 9.47 Å². The van der Waals surface area contributed by atoms with Gasteiger partial charge in [-0.3, -0.25) is 4.98 Å². The number of aromatic nitrogens is 1. The van der Waals surface area contributed by atoms with Crippen LogP contribution in [0.4, 0.5) is 0 Å². The smallest absolute Gasteiger partial charge is 0.183 e. The van der Waals surface area contributed by atoms with E-state index in [4.69, 9.17) is 9.47 Å². The Morgan fingerprint density at radius 1 is 1.42 bits per heavy atom. The highest BCUT2D eigenvalue weighted by Crippen LogP contribution is 2.29. The van der Waals surface area contributed by atoms with E-state index in [1.54, 1.807) is 26.5 Å². The summed E-state index contributed by atoms with van der Waals surface area (Å²) in [4.78, 5) is 4.16. The van der Waals surface area contributed by atoms with Gasteiger partial charge in [-0.05, 0) is 0 Å². The summed E-state index contributed by atoms with van der Waals surface area (Å²) >= 11 is 2.24. The number of halogens is 1. The first-order valence-electron chi connectivity index (χ1n) is 3.45. The van der Waals surface area contributed by atoms with Crippen LogP contribution in [0.25, 0.3) is 0 Å². The van der Waals surface area contributed by atoms with Crippen LogP contribution in [0.1, 0.15) is 5.69 Å². The molecule has 0 saturated heterocycles. The molecular formula is C8H10INO2. The molecule has 0 N–H and O–H groups in total. The first-order valence-corrected chi connectivity index (χ1v) is 4.97. The Bertz CT molecular complexity index is 243. The van der Waals surface area contributed by atoms with Crippen molar-refractivity contribution >= 4 is 22.6 Å². The number of pyridine rings is 1. The highest BCUT2D eigenvalue weighted by atomic mass is 127. The highest BCUT2D eigenvalue weighted by molar-refractivity contribution is 14.1. The van der Waals surface area contributed by atoms with Crippen molar-refractivity contribution in [2.45, 2.75) is 4.43 Å². The molecule has 1 heterocycles. The summed E-state index contributed by atoms with van der Waals surface area (Å²) in [5, 5.41) is 0. The maximum atomic E-state index is 5.17. The Morgan fingerprint density at radius 3 is 2.67 bits per heavy atom. The van der Waals surface area contributed by atoms with Gasteiger partial charge in [-0.1, -0.05) is 22.6 Å². The van der Waals surface area contributed by atoms with Gasteiger partial charge in [0.05, 0.1) is 19.9 Å². The van der Waals surface area contributed by atoms with E-state index >= 15 is 0 Å². The standard InChI is InChI=1S/C8H10INO2/c1-11-7-3-4-10-6(5-9)8(7)12-2/h3-4H,5H2,1-2H3. The van der Waals surface area contributed by atoms with E-state index in [0.29, 0.717) is 0 Å². The Morgan fingerprint density at radius 2 is 2.17 bits per heavy atom. The zero-order valence-electron chi connectivity index (χ0n) is 7.00. The number of nitrogens with zero attached hydrogens (tertiary/aromatic N) is 1. The second kappa shape index (κ2) is 4.49. The SMILES string of the molecule is COc1ccnc(CI)c1OC. The largest absolute Gasteiger partial charge is 0.493 e. The average molecular weight is 279 g/mol. The van der Waals surface area contributed by atoms with Gasteiger partial charge in [-0.25, -0.2) is 0 Å². The van der Waals surface area contributed by atoms with Gasteiger partial charge in [0, 0.05) is 16.7 Å². The van der Waals surface area contributed by atoms with Crippen molar-refractivity contribution in [2.24, 2.45) is 0 Å². The van der Waals surface area contributed by atoms with Crippen molar-refractivity contribution in [3.63, 3.8) is 0 Å². The van der Waals surface area contributed by atoms with E-state index in [-0.39, 0.29) is 0 Å². The number of hydrogen-bond acceptors (Lipinski definition) is 3. The second-order valence-corrected chi connectivity index (χ2v) is 2.89. The molecular weight excluding hydrogens is 269 g/mol.